The molecule has 16 heavy (non-hydrogen) atoms. The maximum atomic E-state index is 10.6. The van der Waals surface area contributed by atoms with Crippen LogP contribution in [0.1, 0.15) is 32.6 Å². The number of nitro groups is 1. The van der Waals surface area contributed by atoms with E-state index in [9.17, 15) is 10.1 Å². The van der Waals surface area contributed by atoms with Gasteiger partial charge >= 0.3 is 0 Å². The van der Waals surface area contributed by atoms with Crippen LogP contribution in [0.25, 0.3) is 0 Å². The maximum absolute atomic E-state index is 10.6. The van der Waals surface area contributed by atoms with E-state index >= 15 is 0 Å². The first-order valence-corrected chi connectivity index (χ1v) is 5.54. The second-order valence-electron chi connectivity index (χ2n) is 4.27. The minimum Gasteiger partial charge on any atom is -0.364 e. The molecule has 0 amide bonds. The molecule has 86 valence electrons. The van der Waals surface area contributed by atoms with Gasteiger partial charge in [0.2, 0.25) is 0 Å². The van der Waals surface area contributed by atoms with E-state index in [1.807, 2.05) is 0 Å². The fraction of sp³-hybridized carbons (Fsp3) is 0.545. The summed E-state index contributed by atoms with van der Waals surface area (Å²) in [4.78, 5) is 14.3. The largest absolute Gasteiger partial charge is 0.364 e. The van der Waals surface area contributed by atoms with Crippen LogP contribution in [0.3, 0.4) is 0 Å². The van der Waals surface area contributed by atoms with Crippen molar-refractivity contribution in [1.82, 2.24) is 4.98 Å². The minimum absolute atomic E-state index is 0.0862. The molecule has 1 heterocycles. The van der Waals surface area contributed by atoms with Crippen molar-refractivity contribution in [3.8, 4) is 0 Å². The van der Waals surface area contributed by atoms with Gasteiger partial charge in [0.1, 0.15) is 5.82 Å². The van der Waals surface area contributed by atoms with Gasteiger partial charge in [-0.05, 0) is 25.7 Å². The normalized spacial score (nSPS) is 17.6. The molecule has 2 rings (SSSR count). The summed E-state index contributed by atoms with van der Waals surface area (Å²) in [6.07, 6.45) is 5.96. The summed E-state index contributed by atoms with van der Waals surface area (Å²) in [6.45, 7) is 2.13. The molecule has 1 N–H and O–H groups in total. The monoisotopic (exact) mass is 221 g/mol. The van der Waals surface area contributed by atoms with E-state index in [1.165, 1.54) is 24.8 Å². The van der Waals surface area contributed by atoms with E-state index in [0.29, 0.717) is 5.82 Å². The predicted octanol–water partition coefficient (Wildman–Crippen LogP) is 2.73. The van der Waals surface area contributed by atoms with Crippen LogP contribution in [0, 0.1) is 10.1 Å². The van der Waals surface area contributed by atoms with E-state index in [0.717, 1.165) is 19.3 Å². The first-order valence-electron chi connectivity index (χ1n) is 5.54. The van der Waals surface area contributed by atoms with Crippen LogP contribution in [0.5, 0.6) is 0 Å². The van der Waals surface area contributed by atoms with Crippen LogP contribution in [0.4, 0.5) is 11.5 Å². The van der Waals surface area contributed by atoms with Crippen molar-refractivity contribution in [2.75, 3.05) is 5.32 Å². The van der Waals surface area contributed by atoms with Crippen molar-refractivity contribution in [3.05, 3.63) is 28.4 Å². The Hall–Kier alpha value is -1.65. The molecule has 1 aromatic heterocycles. The highest BCUT2D eigenvalue weighted by atomic mass is 16.6. The Kier molecular flexibility index (Phi) is 2.77. The molecule has 0 radical (unpaired) electrons. The Balaban J connectivity index is 2.15. The van der Waals surface area contributed by atoms with Crippen molar-refractivity contribution in [2.45, 2.75) is 38.1 Å². The summed E-state index contributed by atoms with van der Waals surface area (Å²) in [7, 11) is 0. The third kappa shape index (κ3) is 1.98. The zero-order chi connectivity index (χ0) is 11.6. The highest BCUT2D eigenvalue weighted by Crippen LogP contribution is 2.37. The second kappa shape index (κ2) is 4.08. The van der Waals surface area contributed by atoms with Crippen molar-refractivity contribution >= 4 is 11.5 Å². The lowest BCUT2D eigenvalue weighted by atomic mass is 9.75. The number of anilines is 1. The van der Waals surface area contributed by atoms with Gasteiger partial charge in [-0.2, -0.15) is 0 Å². The third-order valence-corrected chi connectivity index (χ3v) is 3.34. The third-order valence-electron chi connectivity index (χ3n) is 3.34. The van der Waals surface area contributed by atoms with E-state index in [4.69, 9.17) is 0 Å². The molecule has 1 saturated carbocycles. The number of aromatic nitrogens is 1. The predicted molar refractivity (Wildman–Crippen MR) is 61.4 cm³/mol. The zero-order valence-corrected chi connectivity index (χ0v) is 9.27. The Morgan fingerprint density at radius 3 is 2.88 bits per heavy atom. The molecular weight excluding hydrogens is 206 g/mol. The van der Waals surface area contributed by atoms with Crippen molar-refractivity contribution in [3.63, 3.8) is 0 Å². The number of rotatable bonds is 4. The molecule has 0 spiro atoms. The van der Waals surface area contributed by atoms with Crippen LogP contribution in [0.15, 0.2) is 18.3 Å². The van der Waals surface area contributed by atoms with Crippen molar-refractivity contribution in [1.29, 1.82) is 0 Å². The fourth-order valence-corrected chi connectivity index (χ4v) is 2.04. The number of hydrogen-bond acceptors (Lipinski definition) is 4. The van der Waals surface area contributed by atoms with Crippen LogP contribution in [0.2, 0.25) is 0 Å². The molecule has 1 aliphatic carbocycles. The van der Waals surface area contributed by atoms with E-state index in [2.05, 4.69) is 17.2 Å². The quantitative estimate of drug-likeness (QED) is 0.627. The molecule has 0 aromatic carbocycles. The average Bonchev–Trinajstić information content (AvgIpc) is 2.24. The number of nitrogens with one attached hydrogen (secondary N) is 1. The lowest BCUT2D eigenvalue weighted by Gasteiger charge is -2.42. The average molecular weight is 221 g/mol. The van der Waals surface area contributed by atoms with Crippen LogP contribution < -0.4 is 5.32 Å². The Morgan fingerprint density at radius 2 is 2.38 bits per heavy atom. The molecule has 1 aromatic rings. The summed E-state index contributed by atoms with van der Waals surface area (Å²) in [6, 6.07) is 2.90. The van der Waals surface area contributed by atoms with E-state index in [-0.39, 0.29) is 11.2 Å². The van der Waals surface area contributed by atoms with Gasteiger partial charge < -0.3 is 5.32 Å². The smallest absolute Gasteiger partial charge is 0.274 e. The van der Waals surface area contributed by atoms with Crippen molar-refractivity contribution < 1.29 is 4.92 Å². The molecule has 1 aliphatic rings. The summed E-state index contributed by atoms with van der Waals surface area (Å²) in [5, 5.41) is 13.9. The molecule has 0 unspecified atom stereocenters. The summed E-state index contributed by atoms with van der Waals surface area (Å²) in [5.74, 6) is 0.607. The molecule has 0 bridgehead atoms. The van der Waals surface area contributed by atoms with Gasteiger partial charge in [0.25, 0.3) is 5.69 Å². The van der Waals surface area contributed by atoms with Gasteiger partial charge in [-0.1, -0.05) is 6.92 Å². The molecule has 1 fully saturated rings. The summed E-state index contributed by atoms with van der Waals surface area (Å²) < 4.78 is 0. The van der Waals surface area contributed by atoms with Gasteiger partial charge in [-0.15, -0.1) is 0 Å². The summed E-state index contributed by atoms with van der Waals surface area (Å²) in [5.41, 5.74) is 0.199. The van der Waals surface area contributed by atoms with E-state index in [1.54, 1.807) is 0 Å². The highest BCUT2D eigenvalue weighted by molar-refractivity contribution is 5.46. The van der Waals surface area contributed by atoms with Crippen molar-refractivity contribution in [2.24, 2.45) is 0 Å². The highest BCUT2D eigenvalue weighted by Gasteiger charge is 2.35. The Labute approximate surface area is 94.0 Å². The Bertz CT molecular complexity index is 396. The molecule has 0 aliphatic heterocycles. The maximum Gasteiger partial charge on any atom is 0.274 e. The lowest BCUT2D eigenvalue weighted by molar-refractivity contribution is -0.384. The fourth-order valence-electron chi connectivity index (χ4n) is 2.04. The zero-order valence-electron chi connectivity index (χ0n) is 9.27. The van der Waals surface area contributed by atoms with Crippen LogP contribution >= 0.6 is 0 Å². The van der Waals surface area contributed by atoms with Gasteiger partial charge in [-0.25, -0.2) is 4.98 Å². The standard InChI is InChI=1S/C11H15N3O2/c1-2-11(5-3-6-11)13-10-8-9(14(15)16)4-7-12-10/h4,7-8H,2-3,5-6H2,1H3,(H,12,13). The van der Waals surface area contributed by atoms with Gasteiger partial charge in [-0.3, -0.25) is 10.1 Å². The lowest BCUT2D eigenvalue weighted by Crippen LogP contribution is -2.44. The second-order valence-corrected chi connectivity index (χ2v) is 4.27. The first-order chi connectivity index (χ1) is 7.65. The minimum atomic E-state index is -0.397. The SMILES string of the molecule is CCC1(Nc2cc([N+](=O)[O-])ccn2)CCC1. The molecule has 5 heteroatoms. The molecular formula is C11H15N3O2. The molecule has 0 atom stereocenters. The molecule has 5 nitrogen and oxygen atoms in total. The topological polar surface area (TPSA) is 68.1 Å². The van der Waals surface area contributed by atoms with Crippen LogP contribution in [-0.4, -0.2) is 15.4 Å². The van der Waals surface area contributed by atoms with Crippen LogP contribution in [-0.2, 0) is 0 Å². The Morgan fingerprint density at radius 1 is 1.62 bits per heavy atom. The van der Waals surface area contributed by atoms with Gasteiger partial charge in [0.05, 0.1) is 11.0 Å². The molecule has 0 saturated heterocycles. The van der Waals surface area contributed by atoms with Gasteiger partial charge in [0.15, 0.2) is 0 Å². The number of pyridine rings is 1. The van der Waals surface area contributed by atoms with E-state index < -0.39 is 4.92 Å². The first kappa shape index (κ1) is 10.9. The summed E-state index contributed by atoms with van der Waals surface area (Å²) >= 11 is 0. The number of hydrogen-bond donors (Lipinski definition) is 1. The number of nitrogens with zero attached hydrogens (tertiary/aromatic N) is 2. The van der Waals surface area contributed by atoms with Gasteiger partial charge in [0, 0.05) is 17.8 Å².